The summed E-state index contributed by atoms with van der Waals surface area (Å²) in [6, 6.07) is 0. The maximum Gasteiger partial charge on any atom is 0.139 e. The first-order chi connectivity index (χ1) is 12.9. The van der Waals surface area contributed by atoms with Crippen molar-refractivity contribution in [2.45, 2.75) is 65.2 Å². The average Bonchev–Trinajstić information content (AvgIpc) is 2.95. The fraction of sp³-hybridized carbons (Fsp3) is 0.864. The van der Waals surface area contributed by atoms with E-state index in [-0.39, 0.29) is 16.7 Å². The molecule has 5 nitrogen and oxygen atoms in total. The predicted molar refractivity (Wildman–Crippen MR) is 104 cm³/mol. The van der Waals surface area contributed by atoms with Gasteiger partial charge in [-0.15, -0.1) is 0 Å². The lowest BCUT2D eigenvalue weighted by atomic mass is 9.45. The minimum atomic E-state index is -0.160. The largest absolute Gasteiger partial charge is 0.394 e. The molecule has 0 aromatic rings. The molecule has 4 aliphatic carbocycles. The molecule has 4 saturated carbocycles. The van der Waals surface area contributed by atoms with E-state index in [0.29, 0.717) is 42.3 Å². The van der Waals surface area contributed by atoms with Crippen molar-refractivity contribution < 1.29 is 14.4 Å². The highest BCUT2D eigenvalue weighted by atomic mass is 16.6. The normalized spacial score (nSPS) is 45.4. The van der Waals surface area contributed by atoms with E-state index in [4.69, 9.17) is 4.84 Å². The van der Waals surface area contributed by atoms with E-state index in [9.17, 15) is 9.59 Å². The number of rotatable bonds is 4. The minimum absolute atomic E-state index is 0.0664. The van der Waals surface area contributed by atoms with Crippen LogP contribution in [0.25, 0.3) is 0 Å². The summed E-state index contributed by atoms with van der Waals surface area (Å²) in [5.41, 5.74) is 0.960. The van der Waals surface area contributed by atoms with Crippen molar-refractivity contribution in [3.05, 3.63) is 0 Å². The lowest BCUT2D eigenvalue weighted by molar-refractivity contribution is -0.152. The van der Waals surface area contributed by atoms with Crippen LogP contribution in [0.2, 0.25) is 0 Å². The minimum Gasteiger partial charge on any atom is -0.394 e. The first kappa shape index (κ1) is 19.1. The van der Waals surface area contributed by atoms with Crippen LogP contribution in [0.3, 0.4) is 0 Å². The van der Waals surface area contributed by atoms with E-state index in [1.807, 2.05) is 7.05 Å². The molecule has 4 fully saturated rings. The lowest BCUT2D eigenvalue weighted by Crippen LogP contribution is -2.56. The van der Waals surface area contributed by atoms with E-state index >= 15 is 0 Å². The van der Waals surface area contributed by atoms with E-state index in [2.05, 4.69) is 24.3 Å². The summed E-state index contributed by atoms with van der Waals surface area (Å²) >= 11 is 0. The van der Waals surface area contributed by atoms with Crippen molar-refractivity contribution in [3.8, 4) is 0 Å². The average molecular weight is 375 g/mol. The van der Waals surface area contributed by atoms with Gasteiger partial charge in [-0.2, -0.15) is 0 Å². The molecule has 6 atom stereocenters. The second kappa shape index (κ2) is 6.98. The van der Waals surface area contributed by atoms with Crippen LogP contribution in [-0.2, 0) is 14.4 Å². The number of oxime groups is 1. The molecule has 4 rings (SSSR count). The zero-order chi connectivity index (χ0) is 19.2. The van der Waals surface area contributed by atoms with Gasteiger partial charge in [-0.05, 0) is 68.7 Å². The van der Waals surface area contributed by atoms with Crippen molar-refractivity contribution in [3.63, 3.8) is 0 Å². The van der Waals surface area contributed by atoms with Crippen molar-refractivity contribution in [1.82, 2.24) is 5.32 Å². The Balaban J connectivity index is 1.52. The van der Waals surface area contributed by atoms with Crippen LogP contribution in [0.5, 0.6) is 0 Å². The third-order valence-corrected chi connectivity index (χ3v) is 8.64. The Morgan fingerprint density at radius 1 is 1.11 bits per heavy atom. The Morgan fingerprint density at radius 3 is 2.70 bits per heavy atom. The van der Waals surface area contributed by atoms with E-state index in [1.54, 1.807) is 0 Å². The van der Waals surface area contributed by atoms with Gasteiger partial charge < -0.3 is 10.2 Å². The van der Waals surface area contributed by atoms with Crippen LogP contribution >= 0.6 is 0 Å². The molecule has 0 unspecified atom stereocenters. The number of likely N-dealkylation sites (N-methyl/N-ethyl adjacent to an activating group) is 1. The number of fused-ring (bicyclic) bond motifs is 5. The number of nitrogens with zero attached hydrogens (tertiary/aromatic N) is 1. The Bertz CT molecular complexity index is 660. The number of nitrogens with one attached hydrogen (secondary N) is 1. The van der Waals surface area contributed by atoms with Gasteiger partial charge in [0.05, 0.1) is 5.71 Å². The molecule has 0 spiro atoms. The molecule has 0 aromatic heterocycles. The maximum absolute atomic E-state index is 13.2. The van der Waals surface area contributed by atoms with Gasteiger partial charge in [0.1, 0.15) is 18.2 Å². The van der Waals surface area contributed by atoms with Crippen LogP contribution in [0.1, 0.15) is 65.2 Å². The van der Waals surface area contributed by atoms with E-state index in [0.717, 1.165) is 57.2 Å². The summed E-state index contributed by atoms with van der Waals surface area (Å²) in [5, 5.41) is 7.38. The third-order valence-electron chi connectivity index (χ3n) is 8.64. The van der Waals surface area contributed by atoms with Crippen molar-refractivity contribution >= 4 is 17.3 Å². The van der Waals surface area contributed by atoms with Crippen molar-refractivity contribution in [1.29, 1.82) is 0 Å². The van der Waals surface area contributed by atoms with E-state index < -0.39 is 0 Å². The first-order valence-electron chi connectivity index (χ1n) is 10.8. The Kier molecular flexibility index (Phi) is 4.94. The molecule has 0 aliphatic heterocycles. The van der Waals surface area contributed by atoms with Crippen molar-refractivity contribution in [2.24, 2.45) is 39.7 Å². The van der Waals surface area contributed by atoms with Crippen LogP contribution in [-0.4, -0.2) is 37.5 Å². The van der Waals surface area contributed by atoms with Gasteiger partial charge in [0.2, 0.25) is 0 Å². The number of carbonyl (C=O) groups excluding carboxylic acids is 2. The number of carbonyl (C=O) groups is 2. The Labute approximate surface area is 162 Å². The van der Waals surface area contributed by atoms with E-state index in [1.165, 1.54) is 0 Å². The van der Waals surface area contributed by atoms with Gasteiger partial charge in [0.15, 0.2) is 0 Å². The number of Topliss-reactive ketones (excluding diaryl/α,β-unsaturated/α-hetero) is 2. The second-order valence-electron chi connectivity index (χ2n) is 9.82. The number of hydrogen-bond acceptors (Lipinski definition) is 5. The molecule has 27 heavy (non-hydrogen) atoms. The highest BCUT2D eigenvalue weighted by molar-refractivity contribution is 5.93. The SMILES string of the molecule is CNCCO/N=C1\CC[C@@]2(C)[C@H](C1)C(=O)C[C@@H]1[C@@H]2CC[C@]2(C)C(=O)CC[C@@H]12. The summed E-state index contributed by atoms with van der Waals surface area (Å²) in [6.07, 6.45) is 7.23. The summed E-state index contributed by atoms with van der Waals surface area (Å²) in [7, 11) is 1.90. The smallest absolute Gasteiger partial charge is 0.139 e. The number of hydrogen-bond donors (Lipinski definition) is 1. The van der Waals surface area contributed by atoms with Gasteiger partial charge in [-0.1, -0.05) is 19.0 Å². The molecular weight excluding hydrogens is 340 g/mol. The fourth-order valence-corrected chi connectivity index (χ4v) is 6.99. The molecule has 150 valence electrons. The molecule has 5 heteroatoms. The van der Waals surface area contributed by atoms with Gasteiger partial charge in [-0.25, -0.2) is 0 Å². The highest BCUT2D eigenvalue weighted by Crippen LogP contribution is 2.64. The van der Waals surface area contributed by atoms with Crippen LogP contribution in [0, 0.1) is 34.5 Å². The molecule has 0 heterocycles. The topological polar surface area (TPSA) is 67.8 Å². The standard InChI is InChI=1S/C22H34N2O3/c1-21-8-6-14(24-27-11-10-23-3)12-18(21)19(25)13-15-16-4-5-20(26)22(16,2)9-7-17(15)21/h15-18,23H,4-13H2,1-3H3/b24-14+/t15-,16-,17-,18+,21+,22-/m0/s1. The fourth-order valence-electron chi connectivity index (χ4n) is 6.99. The lowest BCUT2D eigenvalue weighted by Gasteiger charge is -2.58. The first-order valence-corrected chi connectivity index (χ1v) is 10.8. The number of ketones is 2. The molecule has 0 amide bonds. The van der Waals surface area contributed by atoms with Crippen LogP contribution in [0.15, 0.2) is 5.16 Å². The molecule has 1 N–H and O–H groups in total. The summed E-state index contributed by atoms with van der Waals surface area (Å²) in [5.74, 6) is 2.35. The molecule has 0 aromatic carbocycles. The summed E-state index contributed by atoms with van der Waals surface area (Å²) < 4.78 is 0. The summed E-state index contributed by atoms with van der Waals surface area (Å²) in [4.78, 5) is 31.1. The zero-order valence-corrected chi connectivity index (χ0v) is 17.1. The third kappa shape index (κ3) is 2.97. The molecule has 0 radical (unpaired) electrons. The zero-order valence-electron chi connectivity index (χ0n) is 17.1. The molecular formula is C22H34N2O3. The van der Waals surface area contributed by atoms with Gasteiger partial charge in [0, 0.05) is 30.7 Å². The van der Waals surface area contributed by atoms with Gasteiger partial charge >= 0.3 is 0 Å². The van der Waals surface area contributed by atoms with Crippen LogP contribution < -0.4 is 5.32 Å². The molecule has 0 saturated heterocycles. The Morgan fingerprint density at radius 2 is 1.93 bits per heavy atom. The van der Waals surface area contributed by atoms with Gasteiger partial charge in [0.25, 0.3) is 0 Å². The molecule has 4 aliphatic rings. The Hall–Kier alpha value is -1.23. The second-order valence-corrected chi connectivity index (χ2v) is 9.82. The van der Waals surface area contributed by atoms with Gasteiger partial charge in [-0.3, -0.25) is 9.59 Å². The maximum atomic E-state index is 13.2. The monoisotopic (exact) mass is 374 g/mol. The van der Waals surface area contributed by atoms with Crippen molar-refractivity contribution in [2.75, 3.05) is 20.2 Å². The molecule has 0 bridgehead atoms. The predicted octanol–water partition coefficient (Wildman–Crippen LogP) is 3.37. The highest BCUT2D eigenvalue weighted by Gasteiger charge is 2.62. The van der Waals surface area contributed by atoms with Crippen LogP contribution in [0.4, 0.5) is 0 Å². The summed E-state index contributed by atoms with van der Waals surface area (Å²) in [6.45, 7) is 5.87. The quantitative estimate of drug-likeness (QED) is 0.605.